The molecular weight excluding hydrogens is 308 g/mol. The fraction of sp³-hybridized carbons (Fsp3) is 0.222. The van der Waals surface area contributed by atoms with Crippen molar-refractivity contribution < 1.29 is 19.1 Å². The molecule has 126 valence electrons. The van der Waals surface area contributed by atoms with Crippen LogP contribution in [0.25, 0.3) is 0 Å². The second-order valence-corrected chi connectivity index (χ2v) is 5.21. The molecule has 0 atom stereocenters. The number of hydrogen-bond acceptors (Lipinski definition) is 4. The Morgan fingerprint density at radius 2 is 1.50 bits per heavy atom. The number of amides is 2. The molecule has 0 fully saturated rings. The van der Waals surface area contributed by atoms with Gasteiger partial charge >= 0.3 is 0 Å². The van der Waals surface area contributed by atoms with Crippen LogP contribution in [0, 0.1) is 6.92 Å². The molecule has 0 saturated heterocycles. The Morgan fingerprint density at radius 1 is 0.917 bits per heavy atom. The molecule has 24 heavy (non-hydrogen) atoms. The first kappa shape index (κ1) is 17.5. The van der Waals surface area contributed by atoms with Gasteiger partial charge in [-0.2, -0.15) is 0 Å². The monoisotopic (exact) mass is 328 g/mol. The lowest BCUT2D eigenvalue weighted by atomic mass is 10.2. The Balaban J connectivity index is 1.82. The zero-order valence-electron chi connectivity index (χ0n) is 13.7. The zero-order chi connectivity index (χ0) is 17.4. The van der Waals surface area contributed by atoms with E-state index in [4.69, 9.17) is 9.47 Å². The molecule has 2 rings (SSSR count). The smallest absolute Gasteiger partial charge is 0.262 e. The van der Waals surface area contributed by atoms with Gasteiger partial charge in [0.15, 0.2) is 6.61 Å². The van der Waals surface area contributed by atoms with E-state index in [2.05, 4.69) is 10.6 Å². The summed E-state index contributed by atoms with van der Waals surface area (Å²) in [5, 5.41) is 5.41. The van der Waals surface area contributed by atoms with Crippen LogP contribution in [-0.4, -0.2) is 32.1 Å². The fourth-order valence-electron chi connectivity index (χ4n) is 2.02. The van der Waals surface area contributed by atoms with Crippen LogP contribution < -0.4 is 15.4 Å². The van der Waals surface area contributed by atoms with Crippen LogP contribution in [0.3, 0.4) is 0 Å². The topological polar surface area (TPSA) is 76.7 Å². The molecule has 6 heteroatoms. The summed E-state index contributed by atoms with van der Waals surface area (Å²) in [5.41, 5.74) is 2.32. The molecule has 0 aliphatic carbocycles. The van der Waals surface area contributed by atoms with Gasteiger partial charge in [0.05, 0.1) is 0 Å². The highest BCUT2D eigenvalue weighted by Gasteiger charge is 2.05. The van der Waals surface area contributed by atoms with E-state index in [1.807, 2.05) is 25.1 Å². The average molecular weight is 328 g/mol. The van der Waals surface area contributed by atoms with Crippen LogP contribution in [0.1, 0.15) is 5.56 Å². The Kier molecular flexibility index (Phi) is 6.33. The summed E-state index contributed by atoms with van der Waals surface area (Å²) in [6.45, 7) is 1.88. The Hall–Kier alpha value is -2.86. The van der Waals surface area contributed by atoms with E-state index in [1.165, 1.54) is 7.11 Å². The molecular formula is C18H20N2O4. The van der Waals surface area contributed by atoms with E-state index >= 15 is 0 Å². The highest BCUT2D eigenvalue weighted by atomic mass is 16.5. The highest BCUT2D eigenvalue weighted by molar-refractivity contribution is 5.93. The third kappa shape index (κ3) is 5.73. The van der Waals surface area contributed by atoms with Gasteiger partial charge in [0, 0.05) is 18.5 Å². The number of rotatable bonds is 7. The van der Waals surface area contributed by atoms with Crippen LogP contribution in [0.5, 0.6) is 5.75 Å². The van der Waals surface area contributed by atoms with Crippen molar-refractivity contribution in [2.24, 2.45) is 0 Å². The van der Waals surface area contributed by atoms with Crippen molar-refractivity contribution in [2.45, 2.75) is 6.92 Å². The molecule has 2 N–H and O–H groups in total. The average Bonchev–Trinajstić information content (AvgIpc) is 2.55. The van der Waals surface area contributed by atoms with E-state index in [-0.39, 0.29) is 25.0 Å². The molecule has 0 heterocycles. The summed E-state index contributed by atoms with van der Waals surface area (Å²) in [6, 6.07) is 14.3. The van der Waals surface area contributed by atoms with Crippen molar-refractivity contribution in [2.75, 3.05) is 31.0 Å². The van der Waals surface area contributed by atoms with E-state index in [9.17, 15) is 9.59 Å². The standard InChI is InChI=1S/C18H20N2O4/c1-13-4-3-5-16(10-13)24-12-18(22)20-15-8-6-14(7-9-15)19-17(21)11-23-2/h3-10H,11-12H2,1-2H3,(H,19,21)(H,20,22). The fourth-order valence-corrected chi connectivity index (χ4v) is 2.02. The molecule has 0 aromatic heterocycles. The third-order valence-corrected chi connectivity index (χ3v) is 3.09. The molecule has 2 aromatic rings. The molecule has 0 unspecified atom stereocenters. The largest absolute Gasteiger partial charge is 0.484 e. The first-order valence-electron chi connectivity index (χ1n) is 7.45. The Bertz CT molecular complexity index is 698. The van der Waals surface area contributed by atoms with Gasteiger partial charge in [0.25, 0.3) is 5.91 Å². The molecule has 0 bridgehead atoms. The van der Waals surface area contributed by atoms with Crippen LogP contribution in [-0.2, 0) is 14.3 Å². The molecule has 0 radical (unpaired) electrons. The van der Waals surface area contributed by atoms with Gasteiger partial charge in [-0.3, -0.25) is 9.59 Å². The number of ether oxygens (including phenoxy) is 2. The van der Waals surface area contributed by atoms with Crippen molar-refractivity contribution in [3.63, 3.8) is 0 Å². The normalized spacial score (nSPS) is 10.1. The maximum Gasteiger partial charge on any atom is 0.262 e. The summed E-state index contributed by atoms with van der Waals surface area (Å²) < 4.78 is 10.2. The second-order valence-electron chi connectivity index (χ2n) is 5.21. The van der Waals surface area contributed by atoms with E-state index in [1.54, 1.807) is 30.3 Å². The van der Waals surface area contributed by atoms with Gasteiger partial charge in [0.1, 0.15) is 12.4 Å². The minimum atomic E-state index is -0.257. The number of benzene rings is 2. The van der Waals surface area contributed by atoms with Gasteiger partial charge in [0.2, 0.25) is 5.91 Å². The predicted octanol–water partition coefficient (Wildman–Crippen LogP) is 2.60. The summed E-state index contributed by atoms with van der Waals surface area (Å²) in [6.07, 6.45) is 0. The number of nitrogens with one attached hydrogen (secondary N) is 2. The van der Waals surface area contributed by atoms with Crippen LogP contribution in [0.15, 0.2) is 48.5 Å². The summed E-state index contributed by atoms with van der Waals surface area (Å²) in [4.78, 5) is 23.3. The van der Waals surface area contributed by atoms with Crippen LogP contribution in [0.2, 0.25) is 0 Å². The SMILES string of the molecule is COCC(=O)Nc1ccc(NC(=O)COc2cccc(C)c2)cc1. The van der Waals surface area contributed by atoms with Crippen LogP contribution in [0.4, 0.5) is 11.4 Å². The lowest BCUT2D eigenvalue weighted by Crippen LogP contribution is -2.20. The minimum absolute atomic E-state index is 0.00517. The van der Waals surface area contributed by atoms with E-state index in [0.29, 0.717) is 17.1 Å². The Morgan fingerprint density at radius 3 is 2.04 bits per heavy atom. The van der Waals surface area contributed by atoms with Crippen molar-refractivity contribution >= 4 is 23.2 Å². The zero-order valence-corrected chi connectivity index (χ0v) is 13.7. The lowest BCUT2D eigenvalue weighted by Gasteiger charge is -2.09. The molecule has 0 spiro atoms. The first-order valence-corrected chi connectivity index (χ1v) is 7.45. The van der Waals surface area contributed by atoms with E-state index in [0.717, 1.165) is 5.56 Å². The van der Waals surface area contributed by atoms with Crippen molar-refractivity contribution in [3.8, 4) is 5.75 Å². The highest BCUT2D eigenvalue weighted by Crippen LogP contribution is 2.14. The number of carbonyl (C=O) groups is 2. The summed E-state index contributed by atoms with van der Waals surface area (Å²) >= 11 is 0. The number of anilines is 2. The van der Waals surface area contributed by atoms with Crippen molar-refractivity contribution in [3.05, 3.63) is 54.1 Å². The molecule has 0 aliphatic rings. The summed E-state index contributed by atoms with van der Waals surface area (Å²) in [5.74, 6) is 0.162. The first-order chi connectivity index (χ1) is 11.6. The minimum Gasteiger partial charge on any atom is -0.484 e. The second kappa shape index (κ2) is 8.69. The summed E-state index contributed by atoms with van der Waals surface area (Å²) in [7, 11) is 1.46. The maximum atomic E-state index is 11.9. The molecule has 6 nitrogen and oxygen atoms in total. The molecule has 2 aromatic carbocycles. The lowest BCUT2D eigenvalue weighted by molar-refractivity contribution is -0.120. The van der Waals surface area contributed by atoms with Gasteiger partial charge in [-0.25, -0.2) is 0 Å². The quantitative estimate of drug-likeness (QED) is 0.819. The molecule has 2 amide bonds. The van der Waals surface area contributed by atoms with E-state index < -0.39 is 0 Å². The number of methoxy groups -OCH3 is 1. The van der Waals surface area contributed by atoms with Gasteiger partial charge < -0.3 is 20.1 Å². The predicted molar refractivity (Wildman–Crippen MR) is 92.3 cm³/mol. The van der Waals surface area contributed by atoms with Crippen molar-refractivity contribution in [1.82, 2.24) is 0 Å². The van der Waals surface area contributed by atoms with Crippen molar-refractivity contribution in [1.29, 1.82) is 0 Å². The molecule has 0 saturated carbocycles. The number of aryl methyl sites for hydroxylation is 1. The molecule has 0 aliphatic heterocycles. The number of hydrogen-bond donors (Lipinski definition) is 2. The third-order valence-electron chi connectivity index (χ3n) is 3.09. The maximum absolute atomic E-state index is 11.9. The Labute approximate surface area is 140 Å². The van der Waals surface area contributed by atoms with Crippen LogP contribution >= 0.6 is 0 Å². The number of carbonyl (C=O) groups excluding carboxylic acids is 2. The van der Waals surface area contributed by atoms with Gasteiger partial charge in [-0.05, 0) is 48.9 Å². The van der Waals surface area contributed by atoms with Gasteiger partial charge in [-0.1, -0.05) is 12.1 Å². The van der Waals surface area contributed by atoms with Gasteiger partial charge in [-0.15, -0.1) is 0 Å².